The molecule has 0 saturated carbocycles. The zero-order valence-corrected chi connectivity index (χ0v) is 14.0. The lowest BCUT2D eigenvalue weighted by Crippen LogP contribution is -2.34. The Labute approximate surface area is 134 Å². The molecule has 0 radical (unpaired) electrons. The predicted octanol–water partition coefficient (Wildman–Crippen LogP) is 4.04. The van der Waals surface area contributed by atoms with Gasteiger partial charge in [0.25, 0.3) is 0 Å². The smallest absolute Gasteiger partial charge is 0.310 e. The number of carbonyl (C=O) groups excluding carboxylic acids is 2. The molecule has 1 rings (SSSR count). The largest absolute Gasteiger partial charge is 0.465 e. The fraction of sp³-hybridized carbons (Fsp3) is 0.778. The van der Waals surface area contributed by atoms with E-state index in [1.165, 1.54) is 19.3 Å². The summed E-state index contributed by atoms with van der Waals surface area (Å²) in [6.07, 6.45) is 11.4. The highest BCUT2D eigenvalue weighted by atomic mass is 16.5. The Morgan fingerprint density at radius 2 is 1.36 bits per heavy atom. The van der Waals surface area contributed by atoms with Gasteiger partial charge in [-0.25, -0.2) is 0 Å². The first-order chi connectivity index (χ1) is 10.7. The summed E-state index contributed by atoms with van der Waals surface area (Å²) in [7, 11) is 0. The van der Waals surface area contributed by atoms with E-state index < -0.39 is 0 Å². The average molecular weight is 310 g/mol. The number of carbonyl (C=O) groups is 2. The van der Waals surface area contributed by atoms with E-state index in [-0.39, 0.29) is 23.8 Å². The number of unbranched alkanes of at least 4 members (excludes halogenated alkanes) is 4. The van der Waals surface area contributed by atoms with E-state index in [2.05, 4.69) is 6.92 Å². The summed E-state index contributed by atoms with van der Waals surface area (Å²) in [5.74, 6) is -1.29. The first kappa shape index (κ1) is 18.7. The molecule has 0 heterocycles. The van der Waals surface area contributed by atoms with Crippen molar-refractivity contribution in [3.63, 3.8) is 0 Å². The third-order valence-corrected chi connectivity index (χ3v) is 3.98. The topological polar surface area (TPSA) is 52.6 Å². The van der Waals surface area contributed by atoms with Gasteiger partial charge in [0.1, 0.15) is 0 Å². The van der Waals surface area contributed by atoms with Crippen LogP contribution in [-0.4, -0.2) is 25.2 Å². The quantitative estimate of drug-likeness (QED) is 0.347. The van der Waals surface area contributed by atoms with Crippen LogP contribution in [0.4, 0.5) is 0 Å². The Balaban J connectivity index is 2.37. The van der Waals surface area contributed by atoms with Crippen molar-refractivity contribution < 1.29 is 19.1 Å². The van der Waals surface area contributed by atoms with Crippen LogP contribution in [0.3, 0.4) is 0 Å². The minimum absolute atomic E-state index is 0.252. The van der Waals surface area contributed by atoms with Gasteiger partial charge in [0, 0.05) is 0 Å². The van der Waals surface area contributed by atoms with E-state index in [0.29, 0.717) is 26.1 Å². The number of hydrogen-bond acceptors (Lipinski definition) is 4. The van der Waals surface area contributed by atoms with Crippen LogP contribution < -0.4 is 0 Å². The van der Waals surface area contributed by atoms with Gasteiger partial charge in [-0.3, -0.25) is 9.59 Å². The fourth-order valence-corrected chi connectivity index (χ4v) is 2.63. The molecule has 0 aromatic rings. The molecule has 4 heteroatoms. The molecular weight excluding hydrogens is 280 g/mol. The molecule has 1 aliphatic rings. The van der Waals surface area contributed by atoms with E-state index in [9.17, 15) is 9.59 Å². The molecule has 0 fully saturated rings. The summed E-state index contributed by atoms with van der Waals surface area (Å²) in [5.41, 5.74) is 0. The summed E-state index contributed by atoms with van der Waals surface area (Å²) < 4.78 is 10.6. The second kappa shape index (κ2) is 11.3. The molecule has 2 atom stereocenters. The highest BCUT2D eigenvalue weighted by molar-refractivity contribution is 5.82. The molecule has 126 valence electrons. The Hall–Kier alpha value is -1.32. The fourth-order valence-electron chi connectivity index (χ4n) is 2.63. The summed E-state index contributed by atoms with van der Waals surface area (Å²) in [6, 6.07) is 0. The van der Waals surface area contributed by atoms with Gasteiger partial charge >= 0.3 is 11.9 Å². The van der Waals surface area contributed by atoms with Crippen molar-refractivity contribution in [2.24, 2.45) is 11.8 Å². The number of ether oxygens (including phenoxy) is 2. The van der Waals surface area contributed by atoms with Gasteiger partial charge in [-0.05, 0) is 25.7 Å². The molecule has 4 nitrogen and oxygen atoms in total. The zero-order chi connectivity index (χ0) is 16.2. The summed E-state index contributed by atoms with van der Waals surface area (Å²) in [4.78, 5) is 24.3. The van der Waals surface area contributed by atoms with Gasteiger partial charge in [-0.2, -0.15) is 0 Å². The standard InChI is InChI=1S/C18H30O4/c1-3-5-6-7-10-14-22-18(20)16-12-9-8-11-15(16)17(19)21-13-4-2/h8-9,15-16H,3-7,10-14H2,1-2H3. The lowest BCUT2D eigenvalue weighted by Gasteiger charge is -2.25. The molecule has 2 unspecified atom stereocenters. The van der Waals surface area contributed by atoms with Crippen molar-refractivity contribution in [2.45, 2.75) is 65.2 Å². The summed E-state index contributed by atoms with van der Waals surface area (Å²) >= 11 is 0. The molecule has 22 heavy (non-hydrogen) atoms. The van der Waals surface area contributed by atoms with Crippen LogP contribution in [0.5, 0.6) is 0 Å². The highest BCUT2D eigenvalue weighted by Crippen LogP contribution is 2.28. The summed E-state index contributed by atoms with van der Waals surface area (Å²) in [5, 5.41) is 0. The second-order valence-electron chi connectivity index (χ2n) is 5.91. The van der Waals surface area contributed by atoms with Crippen molar-refractivity contribution in [3.05, 3.63) is 12.2 Å². The molecule has 0 amide bonds. The van der Waals surface area contributed by atoms with E-state index >= 15 is 0 Å². The first-order valence-corrected chi connectivity index (χ1v) is 8.69. The van der Waals surface area contributed by atoms with Gasteiger partial charge < -0.3 is 9.47 Å². The lowest BCUT2D eigenvalue weighted by atomic mass is 9.83. The Kier molecular flexibility index (Phi) is 9.60. The predicted molar refractivity (Wildman–Crippen MR) is 86.3 cm³/mol. The van der Waals surface area contributed by atoms with Crippen LogP contribution in [0.2, 0.25) is 0 Å². The molecule has 1 aliphatic carbocycles. The van der Waals surface area contributed by atoms with Crippen LogP contribution in [0, 0.1) is 11.8 Å². The molecule has 0 aromatic heterocycles. The van der Waals surface area contributed by atoms with Crippen molar-refractivity contribution in [1.29, 1.82) is 0 Å². The van der Waals surface area contributed by atoms with Crippen molar-refractivity contribution in [1.82, 2.24) is 0 Å². The monoisotopic (exact) mass is 310 g/mol. The van der Waals surface area contributed by atoms with Gasteiger partial charge in [0.15, 0.2) is 0 Å². The van der Waals surface area contributed by atoms with Gasteiger partial charge in [0.05, 0.1) is 25.0 Å². The molecule has 0 aromatic carbocycles. The Morgan fingerprint density at radius 1 is 0.818 bits per heavy atom. The van der Waals surface area contributed by atoms with Crippen LogP contribution in [0.1, 0.15) is 65.2 Å². The van der Waals surface area contributed by atoms with E-state index in [1.54, 1.807) is 0 Å². The maximum atomic E-state index is 12.2. The highest BCUT2D eigenvalue weighted by Gasteiger charge is 2.36. The van der Waals surface area contributed by atoms with Gasteiger partial charge in [-0.1, -0.05) is 51.7 Å². The number of allylic oxidation sites excluding steroid dienone is 2. The third-order valence-electron chi connectivity index (χ3n) is 3.98. The molecule has 0 aliphatic heterocycles. The Bertz CT molecular complexity index is 362. The molecule has 0 N–H and O–H groups in total. The van der Waals surface area contributed by atoms with E-state index in [1.807, 2.05) is 19.1 Å². The zero-order valence-electron chi connectivity index (χ0n) is 14.0. The first-order valence-electron chi connectivity index (χ1n) is 8.69. The van der Waals surface area contributed by atoms with Gasteiger partial charge in [0.2, 0.25) is 0 Å². The van der Waals surface area contributed by atoms with Crippen molar-refractivity contribution >= 4 is 11.9 Å². The summed E-state index contributed by atoms with van der Waals surface area (Å²) in [6.45, 7) is 5.00. The van der Waals surface area contributed by atoms with Crippen LogP contribution >= 0.6 is 0 Å². The lowest BCUT2D eigenvalue weighted by molar-refractivity contribution is -0.161. The van der Waals surface area contributed by atoms with E-state index in [0.717, 1.165) is 19.3 Å². The number of esters is 2. The minimum Gasteiger partial charge on any atom is -0.465 e. The van der Waals surface area contributed by atoms with E-state index in [4.69, 9.17) is 9.47 Å². The van der Waals surface area contributed by atoms with Crippen molar-refractivity contribution in [2.75, 3.05) is 13.2 Å². The van der Waals surface area contributed by atoms with Crippen LogP contribution in [0.15, 0.2) is 12.2 Å². The number of rotatable bonds is 10. The minimum atomic E-state index is -0.385. The second-order valence-corrected chi connectivity index (χ2v) is 5.91. The molecule has 0 saturated heterocycles. The number of hydrogen-bond donors (Lipinski definition) is 0. The van der Waals surface area contributed by atoms with Crippen LogP contribution in [0.25, 0.3) is 0 Å². The maximum Gasteiger partial charge on any atom is 0.310 e. The third kappa shape index (κ3) is 6.63. The SMILES string of the molecule is CCCCCCCOC(=O)C1CC=CCC1C(=O)OCCC. The molecule has 0 bridgehead atoms. The normalized spacial score (nSPS) is 20.6. The molecular formula is C18H30O4. The average Bonchev–Trinajstić information content (AvgIpc) is 2.55. The van der Waals surface area contributed by atoms with Crippen molar-refractivity contribution in [3.8, 4) is 0 Å². The Morgan fingerprint density at radius 3 is 1.91 bits per heavy atom. The van der Waals surface area contributed by atoms with Crippen LogP contribution in [-0.2, 0) is 19.1 Å². The van der Waals surface area contributed by atoms with Gasteiger partial charge in [-0.15, -0.1) is 0 Å². The molecule has 0 spiro atoms. The maximum absolute atomic E-state index is 12.2.